The number of esters is 1. The fourth-order valence-electron chi connectivity index (χ4n) is 2.42. The molecule has 0 bridgehead atoms. The maximum atomic E-state index is 11.8. The van der Waals surface area contributed by atoms with E-state index in [1.807, 2.05) is 19.9 Å². The molecule has 1 unspecified atom stereocenters. The van der Waals surface area contributed by atoms with Crippen molar-refractivity contribution in [2.45, 2.75) is 26.7 Å². The van der Waals surface area contributed by atoms with Crippen molar-refractivity contribution in [3.8, 4) is 6.07 Å². The first kappa shape index (κ1) is 13.2. The van der Waals surface area contributed by atoms with E-state index in [4.69, 9.17) is 5.11 Å². The molecule has 0 aromatic carbocycles. The van der Waals surface area contributed by atoms with E-state index in [0.29, 0.717) is 12.0 Å². The molecule has 0 aliphatic heterocycles. The number of aliphatic carboxylic acids is 1. The highest BCUT2D eigenvalue weighted by atomic mass is 16.5. The number of nitriles is 1. The van der Waals surface area contributed by atoms with Crippen LogP contribution in [0.15, 0.2) is 11.6 Å². The van der Waals surface area contributed by atoms with E-state index >= 15 is 0 Å². The highest BCUT2D eigenvalue weighted by Gasteiger charge is 2.54. The van der Waals surface area contributed by atoms with Crippen LogP contribution < -0.4 is 0 Å². The summed E-state index contributed by atoms with van der Waals surface area (Å²) in [4.78, 5) is 22.5. The second-order valence-corrected chi connectivity index (χ2v) is 5.03. The summed E-state index contributed by atoms with van der Waals surface area (Å²) in [6, 6.07) is 1.93. The van der Waals surface area contributed by atoms with Gasteiger partial charge in [0, 0.05) is 6.08 Å². The summed E-state index contributed by atoms with van der Waals surface area (Å²) < 4.78 is 4.64. The molecule has 92 valence electrons. The average Bonchev–Trinajstić information content (AvgIpc) is 2.48. The molecular weight excluding hydrogens is 222 g/mol. The number of carbonyl (C=O) groups excluding carboxylic acids is 1. The summed E-state index contributed by atoms with van der Waals surface area (Å²) in [5.41, 5.74) is -1.41. The number of methoxy groups -OCH3 is 1. The van der Waals surface area contributed by atoms with Crippen LogP contribution >= 0.6 is 0 Å². The molecule has 17 heavy (non-hydrogen) atoms. The van der Waals surface area contributed by atoms with Crippen molar-refractivity contribution in [1.29, 1.82) is 5.26 Å². The predicted octanol–water partition coefficient (Wildman–Crippen LogP) is 1.50. The van der Waals surface area contributed by atoms with Gasteiger partial charge in [-0.05, 0) is 23.8 Å². The SMILES string of the molecule is COC(=O)C1(C#N)CC(C)(C)C/C1=C\C(=O)O. The first-order valence-corrected chi connectivity index (χ1v) is 5.21. The molecule has 1 atom stereocenters. The lowest BCUT2D eigenvalue weighted by atomic mass is 9.81. The van der Waals surface area contributed by atoms with Crippen molar-refractivity contribution >= 4 is 11.9 Å². The number of hydrogen-bond acceptors (Lipinski definition) is 4. The van der Waals surface area contributed by atoms with Crippen molar-refractivity contribution < 1.29 is 19.4 Å². The number of ether oxygens (including phenoxy) is 1. The molecule has 1 fully saturated rings. The molecule has 1 saturated carbocycles. The summed E-state index contributed by atoms with van der Waals surface area (Å²) in [5, 5.41) is 18.0. The zero-order valence-corrected chi connectivity index (χ0v) is 10.1. The normalized spacial score (nSPS) is 28.7. The molecule has 0 heterocycles. The zero-order chi connectivity index (χ0) is 13.3. The first-order chi connectivity index (χ1) is 7.77. The predicted molar refractivity (Wildman–Crippen MR) is 58.8 cm³/mol. The molecule has 5 nitrogen and oxygen atoms in total. The fourth-order valence-corrected chi connectivity index (χ4v) is 2.42. The van der Waals surface area contributed by atoms with Crippen LogP contribution in [-0.2, 0) is 14.3 Å². The van der Waals surface area contributed by atoms with Crippen LogP contribution in [0.1, 0.15) is 26.7 Å². The largest absolute Gasteiger partial charge is 0.478 e. The Morgan fingerprint density at radius 2 is 2.12 bits per heavy atom. The Hall–Kier alpha value is -1.83. The van der Waals surface area contributed by atoms with Gasteiger partial charge in [0.2, 0.25) is 0 Å². The number of rotatable bonds is 2. The summed E-state index contributed by atoms with van der Waals surface area (Å²) in [6.07, 6.45) is 1.64. The minimum atomic E-state index is -1.45. The van der Waals surface area contributed by atoms with E-state index in [9.17, 15) is 14.9 Å². The van der Waals surface area contributed by atoms with Crippen molar-refractivity contribution in [3.05, 3.63) is 11.6 Å². The minimum absolute atomic E-state index is 0.280. The van der Waals surface area contributed by atoms with Crippen LogP contribution in [-0.4, -0.2) is 24.2 Å². The Kier molecular flexibility index (Phi) is 3.28. The molecule has 1 aliphatic rings. The topological polar surface area (TPSA) is 87.4 Å². The number of carboxylic acids is 1. The lowest BCUT2D eigenvalue weighted by Gasteiger charge is -2.21. The standard InChI is InChI=1S/C12H15NO4/c1-11(2)5-8(4-9(14)15)12(6-11,7-13)10(16)17-3/h4H,5-6H2,1-3H3,(H,14,15)/b8-4+. The maximum Gasteiger partial charge on any atom is 0.330 e. The molecule has 0 amide bonds. The van der Waals surface area contributed by atoms with Gasteiger partial charge in [-0.1, -0.05) is 13.8 Å². The molecule has 0 aromatic heterocycles. The number of carboxylic acid groups (broad SMARTS) is 1. The van der Waals surface area contributed by atoms with E-state index in [2.05, 4.69) is 4.74 Å². The molecular formula is C12H15NO4. The van der Waals surface area contributed by atoms with Gasteiger partial charge in [0.05, 0.1) is 13.2 Å². The van der Waals surface area contributed by atoms with Gasteiger partial charge in [-0.2, -0.15) is 5.26 Å². The molecule has 5 heteroatoms. The molecule has 0 saturated heterocycles. The van der Waals surface area contributed by atoms with Crippen molar-refractivity contribution in [1.82, 2.24) is 0 Å². The van der Waals surface area contributed by atoms with Crippen LogP contribution in [0.25, 0.3) is 0 Å². The van der Waals surface area contributed by atoms with Crippen molar-refractivity contribution in [2.24, 2.45) is 10.8 Å². The average molecular weight is 237 g/mol. The summed E-state index contributed by atoms with van der Waals surface area (Å²) in [5.74, 6) is -1.83. The van der Waals surface area contributed by atoms with Gasteiger partial charge in [0.1, 0.15) is 0 Å². The summed E-state index contributed by atoms with van der Waals surface area (Å²) in [6.45, 7) is 3.79. The molecule has 0 radical (unpaired) electrons. The van der Waals surface area contributed by atoms with Crippen LogP contribution in [0, 0.1) is 22.2 Å². The van der Waals surface area contributed by atoms with Crippen LogP contribution in [0.5, 0.6) is 0 Å². The first-order valence-electron chi connectivity index (χ1n) is 5.21. The lowest BCUT2D eigenvalue weighted by Crippen LogP contribution is -2.30. The van der Waals surface area contributed by atoms with Gasteiger partial charge in [0.25, 0.3) is 0 Å². The summed E-state index contributed by atoms with van der Waals surface area (Å²) in [7, 11) is 1.20. The number of nitrogens with zero attached hydrogens (tertiary/aromatic N) is 1. The Morgan fingerprint density at radius 1 is 1.53 bits per heavy atom. The van der Waals surface area contributed by atoms with E-state index < -0.39 is 17.4 Å². The smallest absolute Gasteiger partial charge is 0.330 e. The quantitative estimate of drug-likeness (QED) is 0.580. The Morgan fingerprint density at radius 3 is 2.53 bits per heavy atom. The van der Waals surface area contributed by atoms with Crippen LogP contribution in [0.3, 0.4) is 0 Å². The molecule has 1 N–H and O–H groups in total. The van der Waals surface area contributed by atoms with E-state index in [0.717, 1.165) is 6.08 Å². The fraction of sp³-hybridized carbons (Fsp3) is 0.583. The van der Waals surface area contributed by atoms with Gasteiger partial charge in [0.15, 0.2) is 5.41 Å². The zero-order valence-electron chi connectivity index (χ0n) is 10.1. The third-order valence-electron chi connectivity index (χ3n) is 2.98. The number of hydrogen-bond donors (Lipinski definition) is 1. The third-order valence-corrected chi connectivity index (χ3v) is 2.98. The van der Waals surface area contributed by atoms with Gasteiger partial charge in [-0.25, -0.2) is 9.59 Å². The molecule has 1 rings (SSSR count). The highest BCUT2D eigenvalue weighted by Crippen LogP contribution is 2.53. The van der Waals surface area contributed by atoms with E-state index in [-0.39, 0.29) is 11.8 Å². The van der Waals surface area contributed by atoms with Gasteiger partial charge >= 0.3 is 11.9 Å². The van der Waals surface area contributed by atoms with Crippen molar-refractivity contribution in [3.63, 3.8) is 0 Å². The second-order valence-electron chi connectivity index (χ2n) is 5.03. The molecule has 0 aromatic rings. The second kappa shape index (κ2) is 4.21. The highest BCUT2D eigenvalue weighted by molar-refractivity contribution is 5.89. The van der Waals surface area contributed by atoms with Crippen LogP contribution in [0.4, 0.5) is 0 Å². The third kappa shape index (κ3) is 2.31. The Balaban J connectivity index is 3.32. The van der Waals surface area contributed by atoms with Gasteiger partial charge in [-0.15, -0.1) is 0 Å². The summed E-state index contributed by atoms with van der Waals surface area (Å²) >= 11 is 0. The number of carbonyl (C=O) groups is 2. The Bertz CT molecular complexity index is 430. The lowest BCUT2D eigenvalue weighted by molar-refractivity contribution is -0.147. The maximum absolute atomic E-state index is 11.8. The van der Waals surface area contributed by atoms with Crippen molar-refractivity contribution in [2.75, 3.05) is 7.11 Å². The van der Waals surface area contributed by atoms with Gasteiger partial charge in [-0.3, -0.25) is 0 Å². The minimum Gasteiger partial charge on any atom is -0.478 e. The van der Waals surface area contributed by atoms with Gasteiger partial charge < -0.3 is 9.84 Å². The molecule has 0 spiro atoms. The Labute approximate surface area is 99.7 Å². The van der Waals surface area contributed by atoms with E-state index in [1.54, 1.807) is 0 Å². The van der Waals surface area contributed by atoms with E-state index in [1.165, 1.54) is 7.11 Å². The monoisotopic (exact) mass is 237 g/mol. The molecule has 1 aliphatic carbocycles. The van der Waals surface area contributed by atoms with Crippen LogP contribution in [0.2, 0.25) is 0 Å².